The van der Waals surface area contributed by atoms with Gasteiger partial charge in [-0.05, 0) is 33.2 Å². The highest BCUT2D eigenvalue weighted by atomic mass is 16.4. The number of unbranched alkanes of at least 4 members (excludes halogenated alkanes) is 2. The molecule has 0 bridgehead atoms. The van der Waals surface area contributed by atoms with Gasteiger partial charge in [0.15, 0.2) is 0 Å². The average molecular weight is 244 g/mol. The lowest BCUT2D eigenvalue weighted by Gasteiger charge is -2.27. The molecule has 0 heterocycles. The molecule has 1 atom stereocenters. The van der Waals surface area contributed by atoms with Gasteiger partial charge in [0.05, 0.1) is 6.42 Å². The maximum Gasteiger partial charge on any atom is 0.305 e. The summed E-state index contributed by atoms with van der Waals surface area (Å²) < 4.78 is 0. The summed E-state index contributed by atoms with van der Waals surface area (Å²) in [4.78, 5) is 24.1. The number of aliphatic carboxylic acids is 1. The molecule has 0 spiro atoms. The smallest absolute Gasteiger partial charge is 0.305 e. The third-order valence-electron chi connectivity index (χ3n) is 2.76. The molecule has 0 radical (unpaired) electrons. The van der Waals surface area contributed by atoms with E-state index >= 15 is 0 Å². The zero-order valence-electron chi connectivity index (χ0n) is 10.8. The Bertz CT molecular complexity index is 244. The zero-order valence-corrected chi connectivity index (χ0v) is 10.8. The van der Waals surface area contributed by atoms with Crippen molar-refractivity contribution in [3.63, 3.8) is 0 Å². The Morgan fingerprint density at radius 1 is 1.29 bits per heavy atom. The van der Waals surface area contributed by atoms with Crippen LogP contribution < -0.4 is 5.73 Å². The van der Waals surface area contributed by atoms with E-state index in [9.17, 15) is 9.59 Å². The van der Waals surface area contributed by atoms with Crippen LogP contribution in [0.3, 0.4) is 0 Å². The molecule has 3 N–H and O–H groups in total. The Labute approximate surface area is 103 Å². The van der Waals surface area contributed by atoms with Gasteiger partial charge in [-0.25, -0.2) is 0 Å². The predicted molar refractivity (Wildman–Crippen MR) is 66.6 cm³/mol. The fourth-order valence-electron chi connectivity index (χ4n) is 1.84. The fraction of sp³-hybridized carbons (Fsp3) is 0.833. The molecule has 0 aromatic carbocycles. The lowest BCUT2D eigenvalue weighted by molar-refractivity contribution is -0.140. The Morgan fingerprint density at radius 2 is 1.94 bits per heavy atom. The van der Waals surface area contributed by atoms with Crippen molar-refractivity contribution in [1.29, 1.82) is 0 Å². The van der Waals surface area contributed by atoms with Crippen LogP contribution in [0.15, 0.2) is 0 Å². The van der Waals surface area contributed by atoms with E-state index in [1.165, 1.54) is 0 Å². The van der Waals surface area contributed by atoms with Gasteiger partial charge in [-0.15, -0.1) is 0 Å². The van der Waals surface area contributed by atoms with E-state index < -0.39 is 5.97 Å². The van der Waals surface area contributed by atoms with E-state index in [-0.39, 0.29) is 18.4 Å². The molecule has 0 aliphatic carbocycles. The highest BCUT2D eigenvalue weighted by Crippen LogP contribution is 2.09. The molecule has 0 fully saturated rings. The first kappa shape index (κ1) is 15.9. The van der Waals surface area contributed by atoms with Crippen molar-refractivity contribution >= 4 is 11.9 Å². The fourth-order valence-corrected chi connectivity index (χ4v) is 1.84. The predicted octanol–water partition coefficient (Wildman–Crippen LogP) is 1.22. The van der Waals surface area contributed by atoms with Crippen molar-refractivity contribution in [3.8, 4) is 0 Å². The van der Waals surface area contributed by atoms with Gasteiger partial charge < -0.3 is 15.7 Å². The number of hydrogen-bond donors (Lipinski definition) is 2. The van der Waals surface area contributed by atoms with Gasteiger partial charge in [0, 0.05) is 19.0 Å². The van der Waals surface area contributed by atoms with Crippen LogP contribution >= 0.6 is 0 Å². The molecule has 0 aliphatic heterocycles. The van der Waals surface area contributed by atoms with Crippen molar-refractivity contribution in [2.75, 3.05) is 13.1 Å². The van der Waals surface area contributed by atoms with Gasteiger partial charge in [-0.2, -0.15) is 0 Å². The van der Waals surface area contributed by atoms with Crippen LogP contribution in [0, 0.1) is 0 Å². The highest BCUT2D eigenvalue weighted by molar-refractivity contribution is 5.77. The van der Waals surface area contributed by atoms with E-state index in [1.54, 1.807) is 11.8 Å². The van der Waals surface area contributed by atoms with E-state index in [4.69, 9.17) is 10.8 Å². The molecule has 100 valence electrons. The summed E-state index contributed by atoms with van der Waals surface area (Å²) in [6, 6.07) is -0.237. The number of nitrogens with two attached hydrogens (primary N) is 1. The van der Waals surface area contributed by atoms with Gasteiger partial charge in [0.25, 0.3) is 0 Å². The number of nitrogens with zero attached hydrogens (tertiary/aromatic N) is 1. The number of rotatable bonds is 9. The third kappa shape index (κ3) is 6.94. The highest BCUT2D eigenvalue weighted by Gasteiger charge is 2.19. The number of carbonyl (C=O) groups excluding carboxylic acids is 1. The minimum Gasteiger partial charge on any atom is -0.481 e. The Hall–Kier alpha value is -1.10. The summed E-state index contributed by atoms with van der Waals surface area (Å²) in [6.07, 6.45) is 3.20. The first-order chi connectivity index (χ1) is 8.02. The minimum atomic E-state index is -0.869. The second kappa shape index (κ2) is 8.98. The van der Waals surface area contributed by atoms with Crippen LogP contribution in [0.2, 0.25) is 0 Å². The summed E-state index contributed by atoms with van der Waals surface area (Å²) >= 11 is 0. The molecule has 0 saturated heterocycles. The topological polar surface area (TPSA) is 83.6 Å². The Kier molecular flexibility index (Phi) is 8.40. The minimum absolute atomic E-state index is 0.00236. The van der Waals surface area contributed by atoms with Crippen molar-refractivity contribution in [1.82, 2.24) is 4.90 Å². The van der Waals surface area contributed by atoms with Crippen molar-refractivity contribution in [3.05, 3.63) is 0 Å². The average Bonchev–Trinajstić information content (AvgIpc) is 2.24. The third-order valence-corrected chi connectivity index (χ3v) is 2.76. The molecular weight excluding hydrogens is 220 g/mol. The zero-order chi connectivity index (χ0) is 13.3. The largest absolute Gasteiger partial charge is 0.481 e. The number of carbonyl (C=O) groups is 2. The Balaban J connectivity index is 4.06. The summed E-state index contributed by atoms with van der Waals surface area (Å²) in [7, 11) is 0. The van der Waals surface area contributed by atoms with Crippen molar-refractivity contribution < 1.29 is 14.7 Å². The quantitative estimate of drug-likeness (QED) is 0.597. The van der Waals surface area contributed by atoms with Gasteiger partial charge in [0.1, 0.15) is 0 Å². The number of carboxylic acids is 1. The van der Waals surface area contributed by atoms with E-state index in [2.05, 4.69) is 0 Å². The number of hydrogen-bond acceptors (Lipinski definition) is 3. The Morgan fingerprint density at radius 3 is 2.41 bits per heavy atom. The molecule has 0 saturated carbocycles. The van der Waals surface area contributed by atoms with Crippen molar-refractivity contribution in [2.24, 2.45) is 5.73 Å². The molecule has 1 unspecified atom stereocenters. The summed E-state index contributed by atoms with van der Waals surface area (Å²) in [6.45, 7) is 4.86. The number of amides is 1. The standard InChI is InChI=1S/C12H24N2O3/c1-3-14(10(2)9-12(16)17)11(15)7-5-4-6-8-13/h10H,3-9,13H2,1-2H3,(H,16,17). The van der Waals surface area contributed by atoms with Crippen LogP contribution in [-0.4, -0.2) is 41.0 Å². The normalized spacial score (nSPS) is 12.2. The molecule has 1 amide bonds. The van der Waals surface area contributed by atoms with Crippen LogP contribution in [0.4, 0.5) is 0 Å². The molecule has 0 aliphatic rings. The van der Waals surface area contributed by atoms with Crippen LogP contribution in [-0.2, 0) is 9.59 Å². The summed E-state index contributed by atoms with van der Waals surface area (Å²) in [5.74, 6) is -0.829. The van der Waals surface area contributed by atoms with E-state index in [0.717, 1.165) is 19.3 Å². The molecule has 0 aromatic heterocycles. The lowest BCUT2D eigenvalue weighted by Crippen LogP contribution is -2.39. The summed E-state index contributed by atoms with van der Waals surface area (Å²) in [5.41, 5.74) is 5.37. The molecule has 0 aromatic rings. The van der Waals surface area contributed by atoms with Crippen LogP contribution in [0.1, 0.15) is 46.0 Å². The molecular formula is C12H24N2O3. The SMILES string of the molecule is CCN(C(=O)CCCCCN)C(C)CC(=O)O. The first-order valence-corrected chi connectivity index (χ1v) is 6.24. The van der Waals surface area contributed by atoms with E-state index in [0.29, 0.717) is 19.5 Å². The first-order valence-electron chi connectivity index (χ1n) is 6.24. The lowest BCUT2D eigenvalue weighted by atomic mass is 10.1. The second-order valence-electron chi connectivity index (χ2n) is 4.23. The van der Waals surface area contributed by atoms with Crippen LogP contribution in [0.25, 0.3) is 0 Å². The van der Waals surface area contributed by atoms with E-state index in [1.807, 2.05) is 6.92 Å². The van der Waals surface area contributed by atoms with Gasteiger partial charge >= 0.3 is 5.97 Å². The van der Waals surface area contributed by atoms with Crippen LogP contribution in [0.5, 0.6) is 0 Å². The number of carboxylic acid groups (broad SMARTS) is 1. The molecule has 5 heteroatoms. The van der Waals surface area contributed by atoms with Crippen molar-refractivity contribution in [2.45, 2.75) is 52.0 Å². The second-order valence-corrected chi connectivity index (χ2v) is 4.23. The van der Waals surface area contributed by atoms with Gasteiger partial charge in [-0.1, -0.05) is 6.42 Å². The van der Waals surface area contributed by atoms with Gasteiger partial charge in [-0.3, -0.25) is 9.59 Å². The molecule has 0 rings (SSSR count). The van der Waals surface area contributed by atoms with Gasteiger partial charge in [0.2, 0.25) is 5.91 Å². The maximum atomic E-state index is 11.9. The molecule has 5 nitrogen and oxygen atoms in total. The maximum absolute atomic E-state index is 11.9. The monoisotopic (exact) mass is 244 g/mol. The molecule has 17 heavy (non-hydrogen) atoms. The summed E-state index contributed by atoms with van der Waals surface area (Å²) in [5, 5.41) is 8.70.